The number of nitrogens with zero attached hydrogens (tertiary/aromatic N) is 2. The van der Waals surface area contributed by atoms with Crippen LogP contribution in [0.15, 0.2) is 0 Å². The lowest BCUT2D eigenvalue weighted by atomic mass is 10.1. The highest BCUT2D eigenvalue weighted by molar-refractivity contribution is 5.48. The zero-order chi connectivity index (χ0) is 13.0. The van der Waals surface area contributed by atoms with Gasteiger partial charge in [-0.2, -0.15) is 4.98 Å². The topological polar surface area (TPSA) is 56.3 Å². The number of nitrogens with one attached hydrogen (secondary N) is 1. The van der Waals surface area contributed by atoms with Crippen molar-refractivity contribution in [3.63, 3.8) is 0 Å². The van der Waals surface area contributed by atoms with Gasteiger partial charge < -0.3 is 14.8 Å². The summed E-state index contributed by atoms with van der Waals surface area (Å²) in [5, 5.41) is 3.08. The Kier molecular flexibility index (Phi) is 4.36. The van der Waals surface area contributed by atoms with Gasteiger partial charge in [-0.1, -0.05) is 6.92 Å². The Bertz CT molecular complexity index is 403. The van der Waals surface area contributed by atoms with E-state index in [2.05, 4.69) is 15.3 Å². The molecule has 0 saturated carbocycles. The second kappa shape index (κ2) is 6.00. The van der Waals surface area contributed by atoms with E-state index in [1.165, 1.54) is 0 Å². The van der Waals surface area contributed by atoms with Crippen LogP contribution in [0, 0.1) is 12.8 Å². The summed E-state index contributed by atoms with van der Waals surface area (Å²) in [6, 6.07) is 0. The van der Waals surface area contributed by atoms with Gasteiger partial charge in [-0.05, 0) is 13.3 Å². The highest BCUT2D eigenvalue weighted by Crippen LogP contribution is 2.23. The molecule has 0 bridgehead atoms. The molecule has 1 atom stereocenters. The van der Waals surface area contributed by atoms with Crippen LogP contribution in [0.2, 0.25) is 0 Å². The van der Waals surface area contributed by atoms with Gasteiger partial charge >= 0.3 is 0 Å². The van der Waals surface area contributed by atoms with Crippen molar-refractivity contribution in [3.8, 4) is 5.88 Å². The van der Waals surface area contributed by atoms with Gasteiger partial charge in [0.2, 0.25) is 5.88 Å². The monoisotopic (exact) mass is 251 g/mol. The molecule has 0 amide bonds. The summed E-state index contributed by atoms with van der Waals surface area (Å²) in [5.74, 6) is 2.84. The first kappa shape index (κ1) is 13.1. The van der Waals surface area contributed by atoms with Gasteiger partial charge in [0.15, 0.2) is 0 Å². The van der Waals surface area contributed by atoms with E-state index in [9.17, 15) is 0 Å². The van der Waals surface area contributed by atoms with Gasteiger partial charge in [-0.15, -0.1) is 0 Å². The fraction of sp³-hybridized carbons (Fsp3) is 0.692. The van der Waals surface area contributed by atoms with Gasteiger partial charge in [0.25, 0.3) is 0 Å². The average Bonchev–Trinajstić information content (AvgIpc) is 2.90. The fourth-order valence-electron chi connectivity index (χ4n) is 1.99. The second-order valence-corrected chi connectivity index (χ2v) is 4.56. The lowest BCUT2D eigenvalue weighted by molar-refractivity contribution is 0.165. The van der Waals surface area contributed by atoms with E-state index in [0.717, 1.165) is 43.3 Å². The summed E-state index contributed by atoms with van der Waals surface area (Å²) in [4.78, 5) is 8.87. The van der Waals surface area contributed by atoms with Crippen LogP contribution in [0.5, 0.6) is 5.88 Å². The standard InChI is InChI=1S/C13H21N3O2/c1-4-11-15-12(14-3)9(2)13(16-11)18-8-10-5-6-17-7-10/h10H,4-8H2,1-3H3,(H,14,15,16). The summed E-state index contributed by atoms with van der Waals surface area (Å²) in [6.07, 6.45) is 1.88. The van der Waals surface area contributed by atoms with Gasteiger partial charge in [0.05, 0.1) is 18.8 Å². The molecule has 5 nitrogen and oxygen atoms in total. The van der Waals surface area contributed by atoms with Gasteiger partial charge in [-0.3, -0.25) is 0 Å². The molecule has 1 saturated heterocycles. The summed E-state index contributed by atoms with van der Waals surface area (Å²) in [6.45, 7) is 6.33. The molecule has 2 heterocycles. The Balaban J connectivity index is 2.09. The van der Waals surface area contributed by atoms with Crippen molar-refractivity contribution in [2.75, 3.05) is 32.2 Å². The molecule has 1 N–H and O–H groups in total. The Labute approximate surface area is 108 Å². The molecule has 0 aliphatic carbocycles. The molecule has 2 rings (SSSR count). The van der Waals surface area contributed by atoms with Crippen molar-refractivity contribution < 1.29 is 9.47 Å². The molecule has 1 aromatic heterocycles. The molecule has 5 heteroatoms. The van der Waals surface area contributed by atoms with E-state index in [1.54, 1.807) is 0 Å². The second-order valence-electron chi connectivity index (χ2n) is 4.56. The van der Waals surface area contributed by atoms with E-state index in [4.69, 9.17) is 9.47 Å². The first-order valence-electron chi connectivity index (χ1n) is 6.50. The van der Waals surface area contributed by atoms with Crippen LogP contribution in [0.1, 0.15) is 24.7 Å². The molecule has 1 unspecified atom stereocenters. The van der Waals surface area contributed by atoms with Crippen LogP contribution in [0.3, 0.4) is 0 Å². The SMILES string of the molecule is CCc1nc(NC)c(C)c(OCC2CCOC2)n1. The summed E-state index contributed by atoms with van der Waals surface area (Å²) in [7, 11) is 1.86. The molecule has 1 aromatic rings. The minimum atomic E-state index is 0.488. The highest BCUT2D eigenvalue weighted by atomic mass is 16.5. The molecule has 100 valence electrons. The zero-order valence-corrected chi connectivity index (χ0v) is 11.3. The molecule has 1 fully saturated rings. The maximum atomic E-state index is 5.83. The molecule has 0 radical (unpaired) electrons. The Morgan fingerprint density at radius 1 is 1.44 bits per heavy atom. The third kappa shape index (κ3) is 2.90. The third-order valence-corrected chi connectivity index (χ3v) is 3.18. The molecular weight excluding hydrogens is 230 g/mol. The van der Waals surface area contributed by atoms with Crippen molar-refractivity contribution in [1.82, 2.24) is 9.97 Å². The maximum Gasteiger partial charge on any atom is 0.221 e. The third-order valence-electron chi connectivity index (χ3n) is 3.18. The normalized spacial score (nSPS) is 18.9. The molecular formula is C13H21N3O2. The maximum absolute atomic E-state index is 5.83. The molecule has 0 spiro atoms. The van der Waals surface area contributed by atoms with E-state index in [-0.39, 0.29) is 0 Å². The first-order valence-corrected chi connectivity index (χ1v) is 6.50. The highest BCUT2D eigenvalue weighted by Gasteiger charge is 2.18. The van der Waals surface area contributed by atoms with Gasteiger partial charge in [0, 0.05) is 26.0 Å². The summed E-state index contributed by atoms with van der Waals surface area (Å²) < 4.78 is 11.2. The van der Waals surface area contributed by atoms with E-state index in [0.29, 0.717) is 18.4 Å². The number of hydrogen-bond acceptors (Lipinski definition) is 5. The van der Waals surface area contributed by atoms with Crippen molar-refractivity contribution in [2.24, 2.45) is 5.92 Å². The zero-order valence-electron chi connectivity index (χ0n) is 11.3. The van der Waals surface area contributed by atoms with Crippen LogP contribution in [0.4, 0.5) is 5.82 Å². The van der Waals surface area contributed by atoms with E-state index >= 15 is 0 Å². The number of hydrogen-bond donors (Lipinski definition) is 1. The molecule has 18 heavy (non-hydrogen) atoms. The van der Waals surface area contributed by atoms with Crippen LogP contribution in [-0.2, 0) is 11.2 Å². The summed E-state index contributed by atoms with van der Waals surface area (Å²) >= 11 is 0. The number of anilines is 1. The average molecular weight is 251 g/mol. The van der Waals surface area contributed by atoms with Crippen LogP contribution >= 0.6 is 0 Å². The number of aromatic nitrogens is 2. The minimum absolute atomic E-state index is 0.488. The molecule has 1 aliphatic rings. The van der Waals surface area contributed by atoms with Crippen molar-refractivity contribution >= 4 is 5.82 Å². The smallest absolute Gasteiger partial charge is 0.221 e. The van der Waals surface area contributed by atoms with Crippen molar-refractivity contribution in [3.05, 3.63) is 11.4 Å². The Morgan fingerprint density at radius 3 is 2.89 bits per heavy atom. The van der Waals surface area contributed by atoms with E-state index in [1.807, 2.05) is 20.9 Å². The quantitative estimate of drug-likeness (QED) is 0.865. The molecule has 0 aromatic carbocycles. The summed E-state index contributed by atoms with van der Waals surface area (Å²) in [5.41, 5.74) is 0.966. The van der Waals surface area contributed by atoms with Crippen LogP contribution < -0.4 is 10.1 Å². The minimum Gasteiger partial charge on any atom is -0.477 e. The number of aryl methyl sites for hydroxylation is 1. The van der Waals surface area contributed by atoms with Crippen molar-refractivity contribution in [2.45, 2.75) is 26.7 Å². The van der Waals surface area contributed by atoms with Crippen molar-refractivity contribution in [1.29, 1.82) is 0 Å². The largest absolute Gasteiger partial charge is 0.477 e. The Morgan fingerprint density at radius 2 is 2.28 bits per heavy atom. The number of ether oxygens (including phenoxy) is 2. The first-order chi connectivity index (χ1) is 8.74. The van der Waals surface area contributed by atoms with Gasteiger partial charge in [-0.25, -0.2) is 4.98 Å². The van der Waals surface area contributed by atoms with Crippen LogP contribution in [0.25, 0.3) is 0 Å². The molecule has 1 aliphatic heterocycles. The predicted molar refractivity (Wildman–Crippen MR) is 70.1 cm³/mol. The van der Waals surface area contributed by atoms with Gasteiger partial charge in [0.1, 0.15) is 11.6 Å². The van der Waals surface area contributed by atoms with E-state index < -0.39 is 0 Å². The number of rotatable bonds is 5. The fourth-order valence-corrected chi connectivity index (χ4v) is 1.99. The lowest BCUT2D eigenvalue weighted by Gasteiger charge is -2.14. The van der Waals surface area contributed by atoms with Crippen LogP contribution in [-0.4, -0.2) is 36.8 Å². The predicted octanol–water partition coefficient (Wildman–Crippen LogP) is 1.80. The lowest BCUT2D eigenvalue weighted by Crippen LogP contribution is -2.14. The Hall–Kier alpha value is -1.36.